The number of hydrogen-bond donors (Lipinski definition) is 1. The van der Waals surface area contributed by atoms with Crippen molar-refractivity contribution in [2.24, 2.45) is 23.7 Å². The summed E-state index contributed by atoms with van der Waals surface area (Å²) in [5.41, 5.74) is 1.89. The van der Waals surface area contributed by atoms with E-state index >= 15 is 4.79 Å². The van der Waals surface area contributed by atoms with Gasteiger partial charge in [-0.15, -0.1) is 0 Å². The second-order valence-corrected chi connectivity index (χ2v) is 14.2. The summed E-state index contributed by atoms with van der Waals surface area (Å²) in [6, 6.07) is 23.4. The summed E-state index contributed by atoms with van der Waals surface area (Å²) in [5, 5.41) is 10.6. The van der Waals surface area contributed by atoms with E-state index in [9.17, 15) is 19.5 Å². The maximum atomic E-state index is 15.0. The van der Waals surface area contributed by atoms with E-state index in [0.717, 1.165) is 37.7 Å². The quantitative estimate of drug-likeness (QED) is 0.239. The molecular formula is C40H36ClNO5. The Morgan fingerprint density at radius 1 is 0.809 bits per heavy atom. The number of halogens is 1. The van der Waals surface area contributed by atoms with Crippen LogP contribution in [-0.2, 0) is 24.6 Å². The van der Waals surface area contributed by atoms with Crippen molar-refractivity contribution in [3.63, 3.8) is 0 Å². The van der Waals surface area contributed by atoms with Crippen molar-refractivity contribution in [2.75, 3.05) is 0 Å². The lowest BCUT2D eigenvalue weighted by molar-refractivity contribution is -0.144. The Bertz CT molecular complexity index is 1860. The summed E-state index contributed by atoms with van der Waals surface area (Å²) >= 11 is 6.94. The molecule has 3 aromatic carbocycles. The second kappa shape index (κ2) is 11.4. The lowest BCUT2D eigenvalue weighted by Gasteiger charge is -2.55. The van der Waals surface area contributed by atoms with Crippen LogP contribution >= 0.6 is 11.6 Å². The van der Waals surface area contributed by atoms with Gasteiger partial charge in [-0.2, -0.15) is 0 Å². The Morgan fingerprint density at radius 2 is 1.51 bits per heavy atom. The molecule has 5 aliphatic rings. The number of phenols is 1. The normalized spacial score (nSPS) is 30.7. The van der Waals surface area contributed by atoms with Gasteiger partial charge in [-0.1, -0.05) is 109 Å². The zero-order valence-electron chi connectivity index (χ0n) is 26.0. The van der Waals surface area contributed by atoms with E-state index in [1.807, 2.05) is 60.7 Å². The minimum Gasteiger partial charge on any atom is -0.508 e. The highest BCUT2D eigenvalue weighted by atomic mass is 35.5. The van der Waals surface area contributed by atoms with E-state index in [0.29, 0.717) is 28.7 Å². The fourth-order valence-electron chi connectivity index (χ4n) is 9.69. The Labute approximate surface area is 279 Å². The Kier molecular flexibility index (Phi) is 7.32. The van der Waals surface area contributed by atoms with Crippen LogP contribution in [0.25, 0.3) is 5.57 Å². The third-order valence-electron chi connectivity index (χ3n) is 11.6. The average molecular weight is 646 g/mol. The van der Waals surface area contributed by atoms with Gasteiger partial charge in [-0.25, -0.2) is 0 Å². The lowest BCUT2D eigenvalue weighted by Crippen LogP contribution is -2.59. The van der Waals surface area contributed by atoms with E-state index in [1.54, 1.807) is 17.0 Å². The number of aromatic hydroxyl groups is 1. The van der Waals surface area contributed by atoms with Gasteiger partial charge >= 0.3 is 0 Å². The first kappa shape index (κ1) is 30.1. The van der Waals surface area contributed by atoms with Crippen LogP contribution in [0.15, 0.2) is 96.6 Å². The third kappa shape index (κ3) is 4.44. The van der Waals surface area contributed by atoms with Crippen molar-refractivity contribution in [2.45, 2.75) is 62.3 Å². The number of benzene rings is 3. The Hall–Kier alpha value is -4.29. The number of likely N-dealkylation sites (tertiary alicyclic amines) is 1. The number of amides is 2. The Morgan fingerprint density at radius 3 is 2.21 bits per heavy atom. The van der Waals surface area contributed by atoms with Crippen LogP contribution < -0.4 is 0 Å². The molecular weight excluding hydrogens is 610 g/mol. The van der Waals surface area contributed by atoms with Crippen LogP contribution in [0.2, 0.25) is 5.02 Å². The van der Waals surface area contributed by atoms with Gasteiger partial charge in [0.05, 0.1) is 17.3 Å². The van der Waals surface area contributed by atoms with Gasteiger partial charge < -0.3 is 5.11 Å². The fraction of sp³-hybridized carbons (Fsp3) is 0.350. The zero-order valence-corrected chi connectivity index (χ0v) is 26.7. The number of carbonyl (C=O) groups is 4. The molecule has 3 fully saturated rings. The van der Waals surface area contributed by atoms with Crippen LogP contribution in [0.1, 0.15) is 67.6 Å². The standard InChI is InChI=1S/C40H36ClNO5/c41-33-20-26(43)16-17-28(33)36-27-18-19-29-35(39(47)42(38(29)46)25-14-8-3-9-15-25)31(27)21-32-37(45)30(23-10-4-1-5-11-23)22-34(44)40(32,36)24-12-6-2-7-13-24/h1-2,4-7,10-13,16-18,20,22,25,29,31-32,35-36,43H,3,8-9,14-15,19,21H2. The monoisotopic (exact) mass is 645 g/mol. The van der Waals surface area contributed by atoms with Gasteiger partial charge in [0.25, 0.3) is 0 Å². The van der Waals surface area contributed by atoms with Gasteiger partial charge in [0.15, 0.2) is 11.6 Å². The summed E-state index contributed by atoms with van der Waals surface area (Å²) in [4.78, 5) is 60.0. The molecule has 1 aliphatic heterocycles. The molecule has 0 bridgehead atoms. The number of nitrogens with zero attached hydrogens (tertiary/aromatic N) is 1. The number of carbonyl (C=O) groups excluding carboxylic acids is 4. The molecule has 6 nitrogen and oxygen atoms in total. The van der Waals surface area contributed by atoms with E-state index in [1.165, 1.54) is 12.1 Å². The molecule has 0 aromatic heterocycles. The van der Waals surface area contributed by atoms with Crippen molar-refractivity contribution in [1.82, 2.24) is 4.90 Å². The van der Waals surface area contributed by atoms with Crippen LogP contribution in [-0.4, -0.2) is 39.4 Å². The molecule has 0 radical (unpaired) electrons. The smallest absolute Gasteiger partial charge is 0.233 e. The second-order valence-electron chi connectivity index (χ2n) is 13.8. The van der Waals surface area contributed by atoms with Gasteiger partial charge in [-0.3, -0.25) is 24.1 Å². The van der Waals surface area contributed by atoms with Crippen molar-refractivity contribution in [1.29, 1.82) is 0 Å². The summed E-state index contributed by atoms with van der Waals surface area (Å²) in [5.74, 6) is -3.63. The molecule has 3 aromatic rings. The molecule has 0 spiro atoms. The molecule has 2 saturated carbocycles. The van der Waals surface area contributed by atoms with Crippen molar-refractivity contribution < 1.29 is 24.3 Å². The number of fused-ring (bicyclic) bond motifs is 4. The van der Waals surface area contributed by atoms with E-state index in [4.69, 9.17) is 11.6 Å². The first-order chi connectivity index (χ1) is 22.8. The largest absolute Gasteiger partial charge is 0.508 e. The average Bonchev–Trinajstić information content (AvgIpc) is 3.36. The molecule has 238 valence electrons. The molecule has 47 heavy (non-hydrogen) atoms. The topological polar surface area (TPSA) is 91.8 Å². The number of rotatable bonds is 4. The Balaban J connectivity index is 1.35. The van der Waals surface area contributed by atoms with Gasteiger partial charge in [-0.05, 0) is 66.5 Å². The van der Waals surface area contributed by atoms with Crippen molar-refractivity contribution >= 4 is 40.6 Å². The number of allylic oxidation sites excluding steroid dienone is 4. The molecule has 4 aliphatic carbocycles. The molecule has 6 unspecified atom stereocenters. The predicted octanol–water partition coefficient (Wildman–Crippen LogP) is 7.20. The van der Waals surface area contributed by atoms with Crippen molar-refractivity contribution in [3.05, 3.63) is 118 Å². The van der Waals surface area contributed by atoms with Crippen LogP contribution in [0.4, 0.5) is 0 Å². The summed E-state index contributed by atoms with van der Waals surface area (Å²) in [7, 11) is 0. The van der Waals surface area contributed by atoms with Crippen molar-refractivity contribution in [3.8, 4) is 5.75 Å². The van der Waals surface area contributed by atoms with Gasteiger partial charge in [0.1, 0.15) is 5.75 Å². The predicted molar refractivity (Wildman–Crippen MR) is 178 cm³/mol. The first-order valence-corrected chi connectivity index (χ1v) is 17.2. The zero-order chi connectivity index (χ0) is 32.4. The SMILES string of the molecule is O=C1C(c2ccccc2)=CC(=O)C2(c3ccccc3)C1CC1C(=CCC3C(=O)N(C4CCCCC4)C(=O)C31)C2c1ccc(O)cc1Cl. The molecule has 1 heterocycles. The highest BCUT2D eigenvalue weighted by Gasteiger charge is 2.66. The maximum Gasteiger partial charge on any atom is 0.233 e. The molecule has 1 N–H and O–H groups in total. The first-order valence-electron chi connectivity index (χ1n) is 16.8. The minimum atomic E-state index is -1.35. The lowest BCUT2D eigenvalue weighted by atomic mass is 9.44. The molecule has 1 saturated heterocycles. The maximum absolute atomic E-state index is 15.0. The summed E-state index contributed by atoms with van der Waals surface area (Å²) in [6.45, 7) is 0. The molecule has 8 rings (SSSR count). The number of Topliss-reactive ketones (excluding diaryl/α,β-unsaturated/α-hetero) is 1. The number of hydrogen-bond acceptors (Lipinski definition) is 5. The van der Waals surface area contributed by atoms with E-state index < -0.39 is 35.0 Å². The third-order valence-corrected chi connectivity index (χ3v) is 12.0. The number of phenolic OH excluding ortho intramolecular Hbond substituents is 1. The van der Waals surface area contributed by atoms with Crippen LogP contribution in [0.3, 0.4) is 0 Å². The summed E-state index contributed by atoms with van der Waals surface area (Å²) < 4.78 is 0. The molecule has 6 atom stereocenters. The van der Waals surface area contributed by atoms with Crippen LogP contribution in [0.5, 0.6) is 5.75 Å². The number of ketones is 2. The van der Waals surface area contributed by atoms with E-state index in [2.05, 4.69) is 6.08 Å². The highest BCUT2D eigenvalue weighted by Crippen LogP contribution is 2.64. The van der Waals surface area contributed by atoms with Gasteiger partial charge in [0, 0.05) is 28.5 Å². The summed E-state index contributed by atoms with van der Waals surface area (Å²) in [6.07, 6.45) is 8.97. The highest BCUT2D eigenvalue weighted by molar-refractivity contribution is 6.33. The van der Waals surface area contributed by atoms with Gasteiger partial charge in [0.2, 0.25) is 11.8 Å². The molecule has 2 amide bonds. The van der Waals surface area contributed by atoms with E-state index in [-0.39, 0.29) is 46.6 Å². The van der Waals surface area contributed by atoms with Crippen LogP contribution in [0, 0.1) is 23.7 Å². The molecule has 7 heteroatoms. The number of imide groups is 1. The fourth-order valence-corrected chi connectivity index (χ4v) is 9.98. The minimum absolute atomic E-state index is 0.00823.